The Balaban J connectivity index is 0.000000358. The van der Waals surface area contributed by atoms with Crippen molar-refractivity contribution in [3.8, 4) is 0 Å². The fraction of sp³-hybridized carbons (Fsp3) is 0.391. The molecule has 15 heteroatoms. The molecule has 1 saturated heterocycles. The number of Topliss-reactive ketones (excluding diaryl/α,β-unsaturated/α-hetero) is 2. The highest BCUT2D eigenvalue weighted by Gasteiger charge is 2.54. The summed E-state index contributed by atoms with van der Waals surface area (Å²) in [7, 11) is 0. The Kier molecular flexibility index (Phi) is 9.87. The van der Waals surface area contributed by atoms with E-state index >= 15 is 0 Å². The smallest absolute Gasteiger partial charge is 0.369 e. The van der Waals surface area contributed by atoms with E-state index in [0.29, 0.717) is 12.2 Å². The standard InChI is InChI=1S/C19H20F3N3O.C4F6O2/c20-19(21,22)14-6-8-17(9-7-14)25-11-3-5-16(13-25)24-18(26)12-15-4-1-2-10-23-15;5-3(6,7)1(11)2(12)4(8,9)10/h1-2,4,6-10,16H,3,5,11-13H2,(H,24,26);/t16-;/m1./s1. The van der Waals surface area contributed by atoms with Gasteiger partial charge in [-0.05, 0) is 49.2 Å². The first-order valence-corrected chi connectivity index (χ1v) is 10.8. The largest absolute Gasteiger partial charge is 0.458 e. The minimum absolute atomic E-state index is 0.0257. The maximum absolute atomic E-state index is 12.7. The van der Waals surface area contributed by atoms with Crippen molar-refractivity contribution in [2.75, 3.05) is 18.0 Å². The number of hydrogen-bond acceptors (Lipinski definition) is 5. The molecule has 0 spiro atoms. The lowest BCUT2D eigenvalue weighted by Gasteiger charge is -2.35. The summed E-state index contributed by atoms with van der Waals surface area (Å²) in [6.07, 6.45) is -12.3. The first-order valence-electron chi connectivity index (χ1n) is 10.8. The van der Waals surface area contributed by atoms with E-state index in [4.69, 9.17) is 0 Å². The van der Waals surface area contributed by atoms with Crippen LogP contribution in [0.3, 0.4) is 0 Å². The van der Waals surface area contributed by atoms with Crippen molar-refractivity contribution in [1.29, 1.82) is 0 Å². The Morgan fingerprint density at radius 2 is 1.45 bits per heavy atom. The van der Waals surface area contributed by atoms with E-state index in [2.05, 4.69) is 10.3 Å². The summed E-state index contributed by atoms with van der Waals surface area (Å²) in [6.45, 7) is 1.34. The van der Waals surface area contributed by atoms with Crippen LogP contribution in [-0.4, -0.2) is 53.9 Å². The topological polar surface area (TPSA) is 79.4 Å². The van der Waals surface area contributed by atoms with Crippen LogP contribution in [0.15, 0.2) is 48.7 Å². The molecular formula is C23H20F9N3O3. The highest BCUT2D eigenvalue weighted by molar-refractivity contribution is 6.41. The molecule has 1 aromatic heterocycles. The fourth-order valence-electron chi connectivity index (χ4n) is 3.39. The second-order valence-corrected chi connectivity index (χ2v) is 8.05. The summed E-state index contributed by atoms with van der Waals surface area (Å²) >= 11 is 0. The number of anilines is 1. The number of aromatic nitrogens is 1. The molecule has 1 N–H and O–H groups in total. The lowest BCUT2D eigenvalue weighted by Crippen LogP contribution is -2.48. The quantitative estimate of drug-likeness (QED) is 0.427. The molecule has 0 radical (unpaired) electrons. The second-order valence-electron chi connectivity index (χ2n) is 8.05. The molecule has 0 unspecified atom stereocenters. The zero-order chi connectivity index (χ0) is 28.7. The number of nitrogens with one attached hydrogen (secondary N) is 1. The lowest BCUT2D eigenvalue weighted by atomic mass is 10.0. The number of hydrogen-bond donors (Lipinski definition) is 1. The Bertz CT molecular complexity index is 1080. The lowest BCUT2D eigenvalue weighted by molar-refractivity contribution is -0.193. The Morgan fingerprint density at radius 1 is 0.868 bits per heavy atom. The number of piperidine rings is 1. The monoisotopic (exact) mass is 557 g/mol. The van der Waals surface area contributed by atoms with Crippen molar-refractivity contribution < 1.29 is 53.9 Å². The molecule has 2 aromatic rings. The molecule has 0 saturated carbocycles. The third-order valence-electron chi connectivity index (χ3n) is 5.14. The number of halogens is 9. The van der Waals surface area contributed by atoms with Crippen molar-refractivity contribution in [2.24, 2.45) is 0 Å². The van der Waals surface area contributed by atoms with Crippen LogP contribution in [-0.2, 0) is 27.0 Å². The van der Waals surface area contributed by atoms with Crippen LogP contribution in [0.2, 0.25) is 0 Å². The molecular weight excluding hydrogens is 537 g/mol. The van der Waals surface area contributed by atoms with Gasteiger partial charge in [-0.3, -0.25) is 19.4 Å². The van der Waals surface area contributed by atoms with Gasteiger partial charge in [-0.25, -0.2) is 0 Å². The zero-order valence-corrected chi connectivity index (χ0v) is 19.3. The summed E-state index contributed by atoms with van der Waals surface area (Å²) in [5, 5.41) is 3.00. The molecule has 6 nitrogen and oxygen atoms in total. The van der Waals surface area contributed by atoms with E-state index < -0.39 is 35.7 Å². The van der Waals surface area contributed by atoms with E-state index in [9.17, 15) is 53.9 Å². The molecule has 1 amide bonds. The van der Waals surface area contributed by atoms with Crippen LogP contribution in [0.5, 0.6) is 0 Å². The van der Waals surface area contributed by atoms with Crippen molar-refractivity contribution in [3.05, 3.63) is 59.9 Å². The van der Waals surface area contributed by atoms with E-state index in [1.54, 1.807) is 18.3 Å². The number of ketones is 2. The number of amides is 1. The molecule has 0 aliphatic carbocycles. The van der Waals surface area contributed by atoms with Gasteiger partial charge in [0, 0.05) is 36.7 Å². The van der Waals surface area contributed by atoms with Gasteiger partial charge in [-0.1, -0.05) is 6.07 Å². The van der Waals surface area contributed by atoms with Crippen LogP contribution in [0.4, 0.5) is 45.2 Å². The summed E-state index contributed by atoms with van der Waals surface area (Å²) in [5.41, 5.74) is 0.792. The van der Waals surface area contributed by atoms with E-state index in [-0.39, 0.29) is 18.4 Å². The minimum atomic E-state index is -5.77. The molecule has 2 heterocycles. The molecule has 1 aliphatic rings. The van der Waals surface area contributed by atoms with Crippen LogP contribution < -0.4 is 10.2 Å². The summed E-state index contributed by atoms with van der Waals surface area (Å²) in [6, 6.07) is 10.6. The van der Waals surface area contributed by atoms with Gasteiger partial charge in [0.15, 0.2) is 0 Å². The number of carbonyl (C=O) groups excluding carboxylic acids is 3. The maximum atomic E-state index is 12.7. The Labute approximate surface area is 209 Å². The van der Waals surface area contributed by atoms with Gasteiger partial charge in [0.25, 0.3) is 0 Å². The van der Waals surface area contributed by atoms with Gasteiger partial charge < -0.3 is 10.2 Å². The van der Waals surface area contributed by atoms with Crippen LogP contribution >= 0.6 is 0 Å². The zero-order valence-electron chi connectivity index (χ0n) is 19.3. The van der Waals surface area contributed by atoms with Gasteiger partial charge in [-0.15, -0.1) is 0 Å². The van der Waals surface area contributed by atoms with Crippen LogP contribution in [0.25, 0.3) is 0 Å². The third kappa shape index (κ3) is 9.34. The maximum Gasteiger partial charge on any atom is 0.458 e. The second kappa shape index (κ2) is 12.3. The average Bonchev–Trinajstić information content (AvgIpc) is 2.82. The van der Waals surface area contributed by atoms with E-state index in [1.165, 1.54) is 12.1 Å². The molecule has 1 atom stereocenters. The van der Waals surface area contributed by atoms with Crippen molar-refractivity contribution >= 4 is 23.2 Å². The predicted octanol–water partition coefficient (Wildman–Crippen LogP) is 4.68. The number of nitrogens with zero attached hydrogens (tertiary/aromatic N) is 2. The van der Waals surface area contributed by atoms with Gasteiger partial charge in [0.2, 0.25) is 5.91 Å². The van der Waals surface area contributed by atoms with Crippen molar-refractivity contribution in [2.45, 2.75) is 43.8 Å². The average molecular weight is 557 g/mol. The van der Waals surface area contributed by atoms with Crippen LogP contribution in [0, 0.1) is 0 Å². The molecule has 208 valence electrons. The molecule has 1 aliphatic heterocycles. The van der Waals surface area contributed by atoms with Gasteiger partial charge in [-0.2, -0.15) is 39.5 Å². The minimum Gasteiger partial charge on any atom is -0.369 e. The molecule has 1 aromatic carbocycles. The summed E-state index contributed by atoms with van der Waals surface area (Å²) in [5.74, 6) is -6.91. The Morgan fingerprint density at radius 3 is 1.92 bits per heavy atom. The van der Waals surface area contributed by atoms with Gasteiger partial charge in [0.1, 0.15) is 0 Å². The number of carbonyl (C=O) groups is 3. The van der Waals surface area contributed by atoms with Gasteiger partial charge in [0.05, 0.1) is 12.0 Å². The number of rotatable bonds is 5. The Hall–Kier alpha value is -3.65. The fourth-order valence-corrected chi connectivity index (χ4v) is 3.39. The van der Waals surface area contributed by atoms with E-state index in [0.717, 1.165) is 37.2 Å². The molecule has 38 heavy (non-hydrogen) atoms. The van der Waals surface area contributed by atoms with Crippen molar-refractivity contribution in [3.63, 3.8) is 0 Å². The van der Waals surface area contributed by atoms with E-state index in [1.807, 2.05) is 11.0 Å². The third-order valence-corrected chi connectivity index (χ3v) is 5.14. The number of benzene rings is 1. The SMILES string of the molecule is O=C(C(=O)C(F)(F)F)C(F)(F)F.O=C(Cc1ccccn1)N[C@@H]1CCCN(c2ccc(C(F)(F)F)cc2)C1. The first kappa shape index (κ1) is 30.6. The highest BCUT2D eigenvalue weighted by Crippen LogP contribution is 2.31. The summed E-state index contributed by atoms with van der Waals surface area (Å²) < 4.78 is 105. The summed E-state index contributed by atoms with van der Waals surface area (Å²) in [4.78, 5) is 37.6. The number of pyridine rings is 1. The molecule has 3 rings (SSSR count). The highest BCUT2D eigenvalue weighted by atomic mass is 19.4. The normalized spacial score (nSPS) is 16.2. The molecule has 1 fully saturated rings. The van der Waals surface area contributed by atoms with Gasteiger partial charge >= 0.3 is 30.1 Å². The number of alkyl halides is 9. The van der Waals surface area contributed by atoms with Crippen LogP contribution in [0.1, 0.15) is 24.1 Å². The predicted molar refractivity (Wildman–Crippen MR) is 115 cm³/mol. The molecule has 0 bridgehead atoms. The van der Waals surface area contributed by atoms with Crippen molar-refractivity contribution in [1.82, 2.24) is 10.3 Å². The first-order chi connectivity index (χ1) is 17.5.